The van der Waals surface area contributed by atoms with Gasteiger partial charge < -0.3 is 14.6 Å². The highest BCUT2D eigenvalue weighted by Gasteiger charge is 2.16. The molecule has 0 spiro atoms. The predicted octanol–water partition coefficient (Wildman–Crippen LogP) is 6.40. The molecule has 0 saturated heterocycles. The van der Waals surface area contributed by atoms with Crippen molar-refractivity contribution in [1.82, 2.24) is 0 Å². The zero-order valence-electron chi connectivity index (χ0n) is 16.5. The minimum absolute atomic E-state index is 0.293. The van der Waals surface area contributed by atoms with Gasteiger partial charge in [-0.15, -0.1) is 0 Å². The maximum atomic E-state index is 11.6. The standard InChI is InChI=1S/C23H30O4/c1-4-6-15-26-23(25)27-22-13-9-20(10-14-22)18(5-2)16-17(3)19-7-11-21(24)12-8-19/h7-14,17-18,24H,4-6,15-16H2,1-3H3. The fraction of sp³-hybridized carbons (Fsp3) is 0.435. The van der Waals surface area contributed by atoms with E-state index >= 15 is 0 Å². The van der Waals surface area contributed by atoms with Crippen LogP contribution in [0.25, 0.3) is 0 Å². The molecule has 4 nitrogen and oxygen atoms in total. The molecule has 0 aliphatic heterocycles. The lowest BCUT2D eigenvalue weighted by molar-refractivity contribution is 0.0978. The summed E-state index contributed by atoms with van der Waals surface area (Å²) in [6.45, 7) is 6.82. The Kier molecular flexibility index (Phi) is 8.18. The van der Waals surface area contributed by atoms with Gasteiger partial charge in [0, 0.05) is 0 Å². The molecule has 4 heteroatoms. The van der Waals surface area contributed by atoms with Crippen LogP contribution in [0.5, 0.6) is 11.5 Å². The average Bonchev–Trinajstić information content (AvgIpc) is 2.67. The summed E-state index contributed by atoms with van der Waals surface area (Å²) < 4.78 is 10.2. The van der Waals surface area contributed by atoms with Gasteiger partial charge in [0.1, 0.15) is 11.5 Å². The Morgan fingerprint density at radius 2 is 1.63 bits per heavy atom. The lowest BCUT2D eigenvalue weighted by Gasteiger charge is -2.21. The first-order valence-corrected chi connectivity index (χ1v) is 9.77. The van der Waals surface area contributed by atoms with E-state index in [0.717, 1.165) is 25.7 Å². The number of aromatic hydroxyl groups is 1. The number of carbonyl (C=O) groups is 1. The van der Waals surface area contributed by atoms with E-state index in [-0.39, 0.29) is 0 Å². The van der Waals surface area contributed by atoms with Crippen molar-refractivity contribution in [3.63, 3.8) is 0 Å². The highest BCUT2D eigenvalue weighted by Crippen LogP contribution is 2.33. The van der Waals surface area contributed by atoms with Crippen LogP contribution in [0.15, 0.2) is 48.5 Å². The fourth-order valence-corrected chi connectivity index (χ4v) is 3.14. The normalized spacial score (nSPS) is 13.0. The molecule has 2 aromatic rings. The summed E-state index contributed by atoms with van der Waals surface area (Å²) in [7, 11) is 0. The van der Waals surface area contributed by atoms with Gasteiger partial charge >= 0.3 is 6.16 Å². The van der Waals surface area contributed by atoms with Gasteiger partial charge in [-0.2, -0.15) is 0 Å². The zero-order valence-corrected chi connectivity index (χ0v) is 16.5. The molecule has 2 rings (SSSR count). The van der Waals surface area contributed by atoms with E-state index in [9.17, 15) is 9.90 Å². The summed E-state index contributed by atoms with van der Waals surface area (Å²) in [5, 5.41) is 9.45. The molecule has 146 valence electrons. The third-order valence-electron chi connectivity index (χ3n) is 4.86. The Bertz CT molecular complexity index is 691. The van der Waals surface area contributed by atoms with Crippen LogP contribution in [0.3, 0.4) is 0 Å². The third-order valence-corrected chi connectivity index (χ3v) is 4.86. The Balaban J connectivity index is 1.94. The largest absolute Gasteiger partial charge is 0.513 e. The van der Waals surface area contributed by atoms with E-state index in [2.05, 4.69) is 13.8 Å². The quantitative estimate of drug-likeness (QED) is 0.315. The minimum Gasteiger partial charge on any atom is -0.508 e. The SMILES string of the molecule is CCCCOC(=O)Oc1ccc(C(CC)CC(C)c2ccc(O)cc2)cc1. The molecule has 27 heavy (non-hydrogen) atoms. The molecule has 0 saturated carbocycles. The topological polar surface area (TPSA) is 55.8 Å². The molecule has 2 aromatic carbocycles. The van der Waals surface area contributed by atoms with Crippen LogP contribution in [-0.4, -0.2) is 17.9 Å². The highest BCUT2D eigenvalue weighted by atomic mass is 16.7. The number of hydrogen-bond donors (Lipinski definition) is 1. The molecule has 0 aliphatic rings. The van der Waals surface area contributed by atoms with Gasteiger partial charge in [-0.05, 0) is 66.5 Å². The van der Waals surface area contributed by atoms with Crippen LogP contribution < -0.4 is 4.74 Å². The summed E-state index contributed by atoms with van der Waals surface area (Å²) in [6.07, 6.45) is 3.21. The molecule has 0 bridgehead atoms. The second-order valence-corrected chi connectivity index (χ2v) is 6.96. The summed E-state index contributed by atoms with van der Waals surface area (Å²) >= 11 is 0. The Morgan fingerprint density at radius 1 is 1.00 bits per heavy atom. The van der Waals surface area contributed by atoms with Crippen molar-refractivity contribution in [2.24, 2.45) is 0 Å². The highest BCUT2D eigenvalue weighted by molar-refractivity contribution is 5.63. The maximum absolute atomic E-state index is 11.6. The van der Waals surface area contributed by atoms with E-state index in [1.807, 2.05) is 43.3 Å². The predicted molar refractivity (Wildman–Crippen MR) is 107 cm³/mol. The van der Waals surface area contributed by atoms with Gasteiger partial charge in [-0.1, -0.05) is 51.5 Å². The molecule has 0 amide bonds. The number of carbonyl (C=O) groups excluding carboxylic acids is 1. The third kappa shape index (κ3) is 6.63. The lowest BCUT2D eigenvalue weighted by atomic mass is 9.84. The maximum Gasteiger partial charge on any atom is 0.513 e. The molecule has 1 N–H and O–H groups in total. The fourth-order valence-electron chi connectivity index (χ4n) is 3.14. The van der Waals surface area contributed by atoms with Crippen molar-refractivity contribution in [1.29, 1.82) is 0 Å². The van der Waals surface area contributed by atoms with Crippen LogP contribution in [0.1, 0.15) is 69.4 Å². The molecule has 0 aliphatic carbocycles. The minimum atomic E-state index is -0.649. The number of rotatable bonds is 9. The summed E-state index contributed by atoms with van der Waals surface area (Å²) in [5.41, 5.74) is 2.45. The second-order valence-electron chi connectivity index (χ2n) is 6.96. The number of unbranched alkanes of at least 4 members (excludes halogenated alkanes) is 1. The number of phenolic OH excluding ortho intramolecular Hbond substituents is 1. The summed E-state index contributed by atoms with van der Waals surface area (Å²) in [4.78, 5) is 11.6. The van der Waals surface area contributed by atoms with Crippen molar-refractivity contribution in [3.05, 3.63) is 59.7 Å². The Hall–Kier alpha value is -2.49. The van der Waals surface area contributed by atoms with Crippen molar-refractivity contribution in [2.45, 2.75) is 58.3 Å². The lowest BCUT2D eigenvalue weighted by Crippen LogP contribution is -2.11. The van der Waals surface area contributed by atoms with Gasteiger partial charge in [-0.25, -0.2) is 4.79 Å². The van der Waals surface area contributed by atoms with Crippen LogP contribution in [0.4, 0.5) is 4.79 Å². The van der Waals surface area contributed by atoms with Gasteiger partial charge in [0.25, 0.3) is 0 Å². The average molecular weight is 370 g/mol. The summed E-state index contributed by atoms with van der Waals surface area (Å²) in [5.74, 6) is 1.60. The molecular weight excluding hydrogens is 340 g/mol. The van der Waals surface area contributed by atoms with Crippen LogP contribution >= 0.6 is 0 Å². The van der Waals surface area contributed by atoms with E-state index < -0.39 is 6.16 Å². The summed E-state index contributed by atoms with van der Waals surface area (Å²) in [6, 6.07) is 15.1. The molecule has 0 heterocycles. The molecular formula is C23H30O4. The number of benzene rings is 2. The number of phenols is 1. The van der Waals surface area contributed by atoms with E-state index in [1.54, 1.807) is 12.1 Å². The smallest absolute Gasteiger partial charge is 0.508 e. The van der Waals surface area contributed by atoms with Gasteiger partial charge in [0.15, 0.2) is 0 Å². The molecule has 0 fully saturated rings. The molecule has 0 aromatic heterocycles. The van der Waals surface area contributed by atoms with E-state index in [4.69, 9.17) is 9.47 Å². The van der Waals surface area contributed by atoms with E-state index in [1.165, 1.54) is 11.1 Å². The number of hydrogen-bond acceptors (Lipinski definition) is 4. The first-order chi connectivity index (χ1) is 13.0. The van der Waals surface area contributed by atoms with Crippen molar-refractivity contribution in [2.75, 3.05) is 6.61 Å². The number of ether oxygens (including phenoxy) is 2. The second kappa shape index (κ2) is 10.6. The van der Waals surface area contributed by atoms with Gasteiger partial charge in [-0.3, -0.25) is 0 Å². The van der Waals surface area contributed by atoms with Crippen LogP contribution in [0, 0.1) is 0 Å². The van der Waals surface area contributed by atoms with Crippen LogP contribution in [-0.2, 0) is 4.74 Å². The first kappa shape index (κ1) is 20.8. The van der Waals surface area contributed by atoms with Gasteiger partial charge in [0.2, 0.25) is 0 Å². The molecule has 2 unspecified atom stereocenters. The van der Waals surface area contributed by atoms with Crippen molar-refractivity contribution >= 4 is 6.16 Å². The van der Waals surface area contributed by atoms with Crippen LogP contribution in [0.2, 0.25) is 0 Å². The Labute approximate surface area is 162 Å². The Morgan fingerprint density at radius 3 is 2.22 bits per heavy atom. The monoisotopic (exact) mass is 370 g/mol. The molecule has 2 atom stereocenters. The zero-order chi connectivity index (χ0) is 19.6. The van der Waals surface area contributed by atoms with E-state index in [0.29, 0.717) is 29.9 Å². The van der Waals surface area contributed by atoms with Crippen molar-refractivity contribution < 1.29 is 19.4 Å². The van der Waals surface area contributed by atoms with Crippen molar-refractivity contribution in [3.8, 4) is 11.5 Å². The van der Waals surface area contributed by atoms with Gasteiger partial charge in [0.05, 0.1) is 6.61 Å². The molecule has 0 radical (unpaired) electrons. The first-order valence-electron chi connectivity index (χ1n) is 9.77.